The maximum atomic E-state index is 12.7. The summed E-state index contributed by atoms with van der Waals surface area (Å²) in [5.41, 5.74) is 0.952. The van der Waals surface area contributed by atoms with Crippen LogP contribution >= 0.6 is 22.9 Å². The average Bonchev–Trinajstić information content (AvgIpc) is 3.13. The molecular formula is C18H22ClN3O3S2. The zero-order valence-corrected chi connectivity index (χ0v) is 17.4. The van der Waals surface area contributed by atoms with E-state index in [0.717, 1.165) is 16.9 Å². The van der Waals surface area contributed by atoms with E-state index in [1.54, 1.807) is 24.5 Å². The van der Waals surface area contributed by atoms with E-state index in [-0.39, 0.29) is 22.0 Å². The number of carbonyl (C=O) groups excluding carboxylic acids is 1. The molecule has 9 heteroatoms. The summed E-state index contributed by atoms with van der Waals surface area (Å²) in [4.78, 5) is 16.5. The second-order valence-corrected chi connectivity index (χ2v) is 10.5. The lowest BCUT2D eigenvalue weighted by molar-refractivity contribution is -0.126. The highest BCUT2D eigenvalue weighted by Crippen LogP contribution is 2.32. The predicted octanol–water partition coefficient (Wildman–Crippen LogP) is 3.15. The standard InChI is InChI=1S/C18H22ClN3O3S2/c1-13(18(23)21-12-14-3-2-8-20-11-14)15-6-9-22(10-7-15)27(24,25)17-5-4-16(19)26-17/h2-5,8,11,13,15H,6-7,9-10,12H2,1H3,(H,21,23)/t13-/m0/s1. The van der Waals surface area contributed by atoms with Gasteiger partial charge in [-0.1, -0.05) is 24.6 Å². The van der Waals surface area contributed by atoms with Crippen molar-refractivity contribution in [3.63, 3.8) is 0 Å². The fraction of sp³-hybridized carbons (Fsp3) is 0.444. The van der Waals surface area contributed by atoms with Crippen molar-refractivity contribution in [2.75, 3.05) is 13.1 Å². The third-order valence-corrected chi connectivity index (χ3v) is 8.55. The Morgan fingerprint density at radius 2 is 2.11 bits per heavy atom. The Morgan fingerprint density at radius 3 is 2.70 bits per heavy atom. The summed E-state index contributed by atoms with van der Waals surface area (Å²) >= 11 is 6.94. The molecule has 3 heterocycles. The highest BCUT2D eigenvalue weighted by Gasteiger charge is 2.34. The largest absolute Gasteiger partial charge is 0.352 e. The summed E-state index contributed by atoms with van der Waals surface area (Å²) in [6.45, 7) is 3.20. The van der Waals surface area contributed by atoms with Gasteiger partial charge in [-0.3, -0.25) is 9.78 Å². The van der Waals surface area contributed by atoms with Crippen molar-refractivity contribution < 1.29 is 13.2 Å². The van der Waals surface area contributed by atoms with Crippen LogP contribution in [0.25, 0.3) is 0 Å². The number of carbonyl (C=O) groups is 1. The average molecular weight is 428 g/mol. The van der Waals surface area contributed by atoms with Gasteiger partial charge in [-0.2, -0.15) is 4.31 Å². The number of hydrogen-bond acceptors (Lipinski definition) is 5. The van der Waals surface area contributed by atoms with E-state index in [4.69, 9.17) is 11.6 Å². The summed E-state index contributed by atoms with van der Waals surface area (Å²) in [6.07, 6.45) is 4.75. The quantitative estimate of drug-likeness (QED) is 0.767. The Labute approximate surface area is 168 Å². The van der Waals surface area contributed by atoms with Gasteiger partial charge < -0.3 is 5.32 Å². The number of amides is 1. The number of aromatic nitrogens is 1. The minimum absolute atomic E-state index is 0.00908. The maximum absolute atomic E-state index is 12.7. The van der Waals surface area contributed by atoms with Gasteiger partial charge in [0.05, 0.1) is 4.34 Å². The lowest BCUT2D eigenvalue weighted by Crippen LogP contribution is -2.42. The maximum Gasteiger partial charge on any atom is 0.252 e. The van der Waals surface area contributed by atoms with E-state index in [1.807, 2.05) is 19.1 Å². The summed E-state index contributed by atoms with van der Waals surface area (Å²) in [7, 11) is -3.50. The molecule has 1 aliphatic rings. The van der Waals surface area contributed by atoms with Crippen LogP contribution in [0.1, 0.15) is 25.3 Å². The lowest BCUT2D eigenvalue weighted by Gasteiger charge is -2.33. The fourth-order valence-corrected chi connectivity index (χ4v) is 6.35. The van der Waals surface area contributed by atoms with Crippen LogP contribution in [-0.4, -0.2) is 36.7 Å². The minimum Gasteiger partial charge on any atom is -0.352 e. The lowest BCUT2D eigenvalue weighted by atomic mass is 9.85. The Morgan fingerprint density at radius 1 is 1.37 bits per heavy atom. The number of halogens is 1. The fourth-order valence-electron chi connectivity index (χ4n) is 3.25. The van der Waals surface area contributed by atoms with Crippen molar-refractivity contribution in [2.45, 2.75) is 30.5 Å². The van der Waals surface area contributed by atoms with Gasteiger partial charge in [0.2, 0.25) is 5.91 Å². The van der Waals surface area contributed by atoms with Crippen LogP contribution in [0, 0.1) is 11.8 Å². The molecule has 0 aromatic carbocycles. The summed E-state index contributed by atoms with van der Waals surface area (Å²) in [6, 6.07) is 6.89. The number of piperidine rings is 1. The molecule has 6 nitrogen and oxygen atoms in total. The van der Waals surface area contributed by atoms with Crippen molar-refractivity contribution >= 4 is 38.9 Å². The monoisotopic (exact) mass is 427 g/mol. The van der Waals surface area contributed by atoms with Gasteiger partial charge >= 0.3 is 0 Å². The van der Waals surface area contributed by atoms with E-state index in [9.17, 15) is 13.2 Å². The molecule has 1 aliphatic heterocycles. The molecule has 0 spiro atoms. The van der Waals surface area contributed by atoms with Crippen LogP contribution < -0.4 is 5.32 Å². The zero-order chi connectivity index (χ0) is 19.4. The van der Waals surface area contributed by atoms with Crippen LogP contribution in [-0.2, 0) is 21.4 Å². The van der Waals surface area contributed by atoms with Crippen molar-refractivity contribution in [3.8, 4) is 0 Å². The topological polar surface area (TPSA) is 79.4 Å². The molecule has 146 valence electrons. The summed E-state index contributed by atoms with van der Waals surface area (Å²) in [5, 5.41) is 2.94. The molecule has 0 bridgehead atoms. The molecule has 0 radical (unpaired) electrons. The second kappa shape index (κ2) is 8.68. The molecule has 1 saturated heterocycles. The first-order valence-electron chi connectivity index (χ1n) is 8.80. The molecule has 1 amide bonds. The van der Waals surface area contributed by atoms with Crippen LogP contribution in [0.15, 0.2) is 40.9 Å². The highest BCUT2D eigenvalue weighted by molar-refractivity contribution is 7.91. The van der Waals surface area contributed by atoms with Gasteiger partial charge in [-0.25, -0.2) is 8.42 Å². The number of pyridine rings is 1. The van der Waals surface area contributed by atoms with Crippen LogP contribution in [0.4, 0.5) is 0 Å². The van der Waals surface area contributed by atoms with E-state index < -0.39 is 10.0 Å². The molecule has 27 heavy (non-hydrogen) atoms. The number of hydrogen-bond donors (Lipinski definition) is 1. The third kappa shape index (κ3) is 4.87. The van der Waals surface area contributed by atoms with E-state index in [1.165, 1.54) is 4.31 Å². The number of nitrogens with zero attached hydrogens (tertiary/aromatic N) is 2. The van der Waals surface area contributed by atoms with Crippen molar-refractivity contribution in [1.29, 1.82) is 0 Å². The number of rotatable bonds is 6. The first kappa shape index (κ1) is 20.3. The smallest absolute Gasteiger partial charge is 0.252 e. The number of nitrogens with one attached hydrogen (secondary N) is 1. The molecule has 0 unspecified atom stereocenters. The molecule has 2 aromatic heterocycles. The van der Waals surface area contributed by atoms with Gasteiger partial charge in [0.25, 0.3) is 10.0 Å². The van der Waals surface area contributed by atoms with Crippen LogP contribution in [0.2, 0.25) is 4.34 Å². The zero-order valence-electron chi connectivity index (χ0n) is 15.0. The SMILES string of the molecule is C[C@H](C(=O)NCc1cccnc1)C1CCN(S(=O)(=O)c2ccc(Cl)s2)CC1. The molecule has 3 rings (SSSR count). The Bertz CT molecular complexity index is 878. The summed E-state index contributed by atoms with van der Waals surface area (Å²) in [5.74, 6) is -0.00909. The van der Waals surface area contributed by atoms with Gasteiger partial charge in [0.1, 0.15) is 4.21 Å². The Kier molecular flexibility index (Phi) is 6.52. The number of sulfonamides is 1. The van der Waals surface area contributed by atoms with Crippen molar-refractivity contribution in [2.24, 2.45) is 11.8 Å². The van der Waals surface area contributed by atoms with Crippen molar-refractivity contribution in [1.82, 2.24) is 14.6 Å². The Balaban J connectivity index is 1.53. The molecule has 1 N–H and O–H groups in total. The van der Waals surface area contributed by atoms with Crippen LogP contribution in [0.5, 0.6) is 0 Å². The summed E-state index contributed by atoms with van der Waals surface area (Å²) < 4.78 is 27.5. The predicted molar refractivity (Wildman–Crippen MR) is 106 cm³/mol. The molecule has 1 atom stereocenters. The number of thiophene rings is 1. The van der Waals surface area contributed by atoms with Crippen molar-refractivity contribution in [3.05, 3.63) is 46.6 Å². The van der Waals surface area contributed by atoms with Gasteiger partial charge in [0.15, 0.2) is 0 Å². The Hall–Kier alpha value is -1.48. The molecule has 1 fully saturated rings. The first-order valence-corrected chi connectivity index (χ1v) is 11.4. The normalized spacial score (nSPS) is 17.6. The van der Waals surface area contributed by atoms with Gasteiger partial charge in [-0.05, 0) is 42.5 Å². The van der Waals surface area contributed by atoms with Gasteiger partial charge in [-0.15, -0.1) is 11.3 Å². The van der Waals surface area contributed by atoms with Crippen LogP contribution in [0.3, 0.4) is 0 Å². The molecule has 2 aromatic rings. The van der Waals surface area contributed by atoms with Gasteiger partial charge in [0, 0.05) is 37.9 Å². The molecular weight excluding hydrogens is 406 g/mol. The minimum atomic E-state index is -3.50. The van der Waals surface area contributed by atoms with E-state index in [2.05, 4.69) is 10.3 Å². The van der Waals surface area contributed by atoms with E-state index >= 15 is 0 Å². The first-order chi connectivity index (χ1) is 12.9. The molecule has 0 aliphatic carbocycles. The third-order valence-electron chi connectivity index (χ3n) is 4.95. The molecule has 0 saturated carbocycles. The van der Waals surface area contributed by atoms with E-state index in [0.29, 0.717) is 36.8 Å². The second-order valence-electron chi connectivity index (χ2n) is 6.67. The highest BCUT2D eigenvalue weighted by atomic mass is 35.5.